The second-order valence-corrected chi connectivity index (χ2v) is 7.92. The van der Waals surface area contributed by atoms with Crippen molar-refractivity contribution in [3.05, 3.63) is 65.7 Å². The van der Waals surface area contributed by atoms with Crippen molar-refractivity contribution < 1.29 is 22.0 Å². The number of benzene rings is 2. The van der Waals surface area contributed by atoms with E-state index in [9.17, 15) is 22.0 Å². The lowest BCUT2D eigenvalue weighted by atomic mass is 10.1. The van der Waals surface area contributed by atoms with Crippen LogP contribution in [0.5, 0.6) is 0 Å². The number of carbonyl (C=O) groups excluding carboxylic acids is 1. The van der Waals surface area contributed by atoms with Crippen molar-refractivity contribution in [3.63, 3.8) is 0 Å². The van der Waals surface area contributed by atoms with E-state index in [1.807, 2.05) is 44.2 Å². The fraction of sp³-hybridized carbons (Fsp3) is 0.316. The zero-order valence-electron chi connectivity index (χ0n) is 14.6. The van der Waals surface area contributed by atoms with Crippen LogP contribution in [0.3, 0.4) is 0 Å². The van der Waals surface area contributed by atoms with Crippen LogP contribution in [0.1, 0.15) is 36.2 Å². The number of sulfone groups is 1. The van der Waals surface area contributed by atoms with Gasteiger partial charge in [-0.15, -0.1) is 0 Å². The standard InChI is InChI=1S/C19H21F2NO3S/c1-3-14(2)22(13-15-7-5-4-6-8-15)18(23)16-9-11-17(12-10-16)26(24,25)19(20)21/h4-12,14,19H,3,13H2,1-2H3. The average Bonchev–Trinajstić information content (AvgIpc) is 2.65. The maximum Gasteiger partial charge on any atom is 0.341 e. The summed E-state index contributed by atoms with van der Waals surface area (Å²) >= 11 is 0. The monoisotopic (exact) mass is 381 g/mol. The molecular formula is C19H21F2NO3S. The third-order valence-corrected chi connectivity index (χ3v) is 5.64. The summed E-state index contributed by atoms with van der Waals surface area (Å²) in [5.74, 6) is -3.76. The largest absolute Gasteiger partial charge is 0.341 e. The summed E-state index contributed by atoms with van der Waals surface area (Å²) in [5.41, 5.74) is 1.23. The molecule has 0 fully saturated rings. The lowest BCUT2D eigenvalue weighted by molar-refractivity contribution is 0.0671. The first-order valence-corrected chi connectivity index (χ1v) is 9.79. The molecule has 0 aliphatic rings. The number of nitrogens with zero attached hydrogens (tertiary/aromatic N) is 1. The Morgan fingerprint density at radius 2 is 1.62 bits per heavy atom. The van der Waals surface area contributed by atoms with Gasteiger partial charge in [0.1, 0.15) is 0 Å². The van der Waals surface area contributed by atoms with Crippen LogP contribution in [-0.2, 0) is 16.4 Å². The number of hydrogen-bond acceptors (Lipinski definition) is 3. The molecule has 7 heteroatoms. The van der Waals surface area contributed by atoms with Crippen molar-refractivity contribution in [2.24, 2.45) is 0 Å². The molecule has 0 spiro atoms. The van der Waals surface area contributed by atoms with Crippen molar-refractivity contribution >= 4 is 15.7 Å². The summed E-state index contributed by atoms with van der Waals surface area (Å²) < 4.78 is 48.2. The van der Waals surface area contributed by atoms with Crippen LogP contribution in [0.4, 0.5) is 8.78 Å². The van der Waals surface area contributed by atoms with Gasteiger partial charge in [-0.3, -0.25) is 4.79 Å². The fourth-order valence-corrected chi connectivity index (χ4v) is 3.21. The van der Waals surface area contributed by atoms with Crippen LogP contribution in [0.25, 0.3) is 0 Å². The van der Waals surface area contributed by atoms with Gasteiger partial charge in [0, 0.05) is 18.2 Å². The Balaban J connectivity index is 2.28. The van der Waals surface area contributed by atoms with E-state index < -0.39 is 20.5 Å². The number of rotatable bonds is 7. The molecule has 0 aromatic heterocycles. The summed E-state index contributed by atoms with van der Waals surface area (Å²) in [4.78, 5) is 14.1. The Hall–Kier alpha value is -2.28. The Morgan fingerprint density at radius 1 is 1.04 bits per heavy atom. The quantitative estimate of drug-likeness (QED) is 0.725. The first kappa shape index (κ1) is 20.0. The van der Waals surface area contributed by atoms with Crippen molar-refractivity contribution in [3.8, 4) is 0 Å². The highest BCUT2D eigenvalue weighted by Crippen LogP contribution is 2.20. The van der Waals surface area contributed by atoms with E-state index in [-0.39, 0.29) is 17.5 Å². The highest BCUT2D eigenvalue weighted by molar-refractivity contribution is 7.91. The maximum absolute atomic E-state index is 12.9. The van der Waals surface area contributed by atoms with E-state index in [0.717, 1.165) is 24.1 Å². The smallest absolute Gasteiger partial charge is 0.332 e. The van der Waals surface area contributed by atoms with Crippen LogP contribution < -0.4 is 0 Å². The Kier molecular flexibility index (Phi) is 6.47. The molecule has 0 radical (unpaired) electrons. The predicted molar refractivity (Wildman–Crippen MR) is 95.7 cm³/mol. The molecule has 1 unspecified atom stereocenters. The van der Waals surface area contributed by atoms with Gasteiger partial charge in [-0.1, -0.05) is 37.3 Å². The first-order chi connectivity index (χ1) is 12.3. The van der Waals surface area contributed by atoms with E-state index >= 15 is 0 Å². The van der Waals surface area contributed by atoms with Crippen LogP contribution in [0.2, 0.25) is 0 Å². The van der Waals surface area contributed by atoms with Gasteiger partial charge >= 0.3 is 5.76 Å². The topological polar surface area (TPSA) is 54.5 Å². The van der Waals surface area contributed by atoms with Gasteiger partial charge in [0.2, 0.25) is 9.84 Å². The predicted octanol–water partition coefficient (Wildman–Crippen LogP) is 4.12. The van der Waals surface area contributed by atoms with Crippen LogP contribution in [0.15, 0.2) is 59.5 Å². The molecule has 2 aromatic carbocycles. The molecule has 4 nitrogen and oxygen atoms in total. The van der Waals surface area contributed by atoms with E-state index in [4.69, 9.17) is 0 Å². The van der Waals surface area contributed by atoms with Gasteiger partial charge in [-0.2, -0.15) is 8.78 Å². The molecular weight excluding hydrogens is 360 g/mol. The molecule has 1 atom stereocenters. The molecule has 0 aliphatic carbocycles. The number of amides is 1. The van der Waals surface area contributed by atoms with Gasteiger partial charge < -0.3 is 4.90 Å². The number of carbonyl (C=O) groups is 1. The fourth-order valence-electron chi connectivity index (χ4n) is 2.48. The van der Waals surface area contributed by atoms with Gasteiger partial charge in [0.25, 0.3) is 5.91 Å². The van der Waals surface area contributed by atoms with Crippen LogP contribution in [0, 0.1) is 0 Å². The summed E-state index contributed by atoms with van der Waals surface area (Å²) in [5, 5.41) is 0. The minimum atomic E-state index is -4.67. The number of alkyl halides is 2. The van der Waals surface area contributed by atoms with E-state index in [1.54, 1.807) is 4.90 Å². The second kappa shape index (κ2) is 8.40. The molecule has 2 aromatic rings. The molecule has 140 valence electrons. The minimum Gasteiger partial charge on any atom is -0.332 e. The molecule has 0 N–H and O–H groups in total. The van der Waals surface area contributed by atoms with E-state index in [0.29, 0.717) is 6.54 Å². The van der Waals surface area contributed by atoms with Gasteiger partial charge in [-0.25, -0.2) is 8.42 Å². The lowest BCUT2D eigenvalue weighted by Gasteiger charge is -2.29. The Morgan fingerprint density at radius 3 is 2.12 bits per heavy atom. The van der Waals surface area contributed by atoms with Gasteiger partial charge in [-0.05, 0) is 43.2 Å². The van der Waals surface area contributed by atoms with Gasteiger partial charge in [0.05, 0.1) is 4.90 Å². The summed E-state index contributed by atoms with van der Waals surface area (Å²) in [6.07, 6.45) is 0.746. The van der Waals surface area contributed by atoms with Crippen LogP contribution >= 0.6 is 0 Å². The van der Waals surface area contributed by atoms with E-state index in [2.05, 4.69) is 0 Å². The van der Waals surface area contributed by atoms with Gasteiger partial charge in [0.15, 0.2) is 0 Å². The molecule has 0 saturated carbocycles. The molecule has 0 heterocycles. The summed E-state index contributed by atoms with van der Waals surface area (Å²) in [6.45, 7) is 4.30. The highest BCUT2D eigenvalue weighted by Gasteiger charge is 2.27. The minimum absolute atomic E-state index is 0.0350. The second-order valence-electron chi connectivity index (χ2n) is 6.01. The zero-order valence-corrected chi connectivity index (χ0v) is 15.4. The van der Waals surface area contributed by atoms with Crippen molar-refractivity contribution in [2.75, 3.05) is 0 Å². The zero-order chi connectivity index (χ0) is 19.3. The summed E-state index contributed by atoms with van der Waals surface area (Å²) in [7, 11) is -4.67. The number of halogens is 2. The molecule has 26 heavy (non-hydrogen) atoms. The highest BCUT2D eigenvalue weighted by atomic mass is 32.2. The molecule has 2 rings (SSSR count). The van der Waals surface area contributed by atoms with Crippen LogP contribution in [-0.4, -0.2) is 31.0 Å². The van der Waals surface area contributed by atoms with E-state index in [1.165, 1.54) is 12.1 Å². The molecule has 0 aliphatic heterocycles. The molecule has 0 bridgehead atoms. The normalized spacial score (nSPS) is 12.8. The maximum atomic E-state index is 12.9. The Labute approximate surface area is 152 Å². The molecule has 1 amide bonds. The first-order valence-electron chi connectivity index (χ1n) is 8.24. The third kappa shape index (κ3) is 4.46. The third-order valence-electron chi connectivity index (χ3n) is 4.24. The SMILES string of the molecule is CCC(C)N(Cc1ccccc1)C(=O)c1ccc(S(=O)(=O)C(F)F)cc1. The average molecular weight is 381 g/mol. The van der Waals surface area contributed by atoms with Crippen molar-refractivity contribution in [1.82, 2.24) is 4.90 Å². The summed E-state index contributed by atoms with van der Waals surface area (Å²) in [6, 6.07) is 14.1. The molecule has 0 saturated heterocycles. The van der Waals surface area contributed by atoms with Crippen molar-refractivity contribution in [1.29, 1.82) is 0 Å². The Bertz CT molecular complexity index is 837. The number of hydrogen-bond donors (Lipinski definition) is 0. The van der Waals surface area contributed by atoms with Crippen molar-refractivity contribution in [2.45, 2.75) is 43.5 Å². The lowest BCUT2D eigenvalue weighted by Crippen LogP contribution is -2.37.